The van der Waals surface area contributed by atoms with Gasteiger partial charge in [0.1, 0.15) is 6.04 Å². The lowest BCUT2D eigenvalue weighted by atomic mass is 9.87. The summed E-state index contributed by atoms with van der Waals surface area (Å²) < 4.78 is 11.3. The number of ether oxygens (including phenoxy) is 2. The van der Waals surface area contributed by atoms with E-state index in [-0.39, 0.29) is 11.7 Å². The zero-order valence-corrected chi connectivity index (χ0v) is 13.2. The average molecular weight is 298 g/mol. The lowest BCUT2D eigenvalue weighted by Gasteiger charge is -2.30. The number of amides is 1. The zero-order valence-electron chi connectivity index (χ0n) is 13.2. The van der Waals surface area contributed by atoms with Crippen molar-refractivity contribution in [2.24, 2.45) is 5.41 Å². The second-order valence-corrected chi connectivity index (χ2v) is 6.35. The van der Waals surface area contributed by atoms with E-state index in [2.05, 4.69) is 13.8 Å². The van der Waals surface area contributed by atoms with Crippen LogP contribution in [-0.4, -0.2) is 48.7 Å². The Morgan fingerprint density at radius 3 is 2.81 bits per heavy atom. The first-order valence-corrected chi connectivity index (χ1v) is 7.44. The highest BCUT2D eigenvalue weighted by molar-refractivity contribution is 5.65. The van der Waals surface area contributed by atoms with Crippen LogP contribution in [0.1, 0.15) is 46.0 Å². The fourth-order valence-electron chi connectivity index (χ4n) is 2.24. The van der Waals surface area contributed by atoms with E-state index < -0.39 is 12.1 Å². The van der Waals surface area contributed by atoms with Gasteiger partial charge in [-0.3, -0.25) is 4.90 Å². The first kappa shape index (κ1) is 17.7. The molecule has 1 N–H and O–H groups in total. The number of hydrogen-bond donors (Lipinski definition) is 1. The standard InChI is InChI=1S/C15H26N2O4/c1-15(2,11-21-13-6-4-5-9-20-13)8-7-12(10-16)17(3)14(18)19/h12-13H,4-9,11H2,1-3H3,(H,18,19). The number of rotatable bonds is 7. The van der Waals surface area contributed by atoms with Crippen LogP contribution in [0.25, 0.3) is 0 Å². The van der Waals surface area contributed by atoms with E-state index >= 15 is 0 Å². The van der Waals surface area contributed by atoms with Gasteiger partial charge >= 0.3 is 6.09 Å². The molecule has 1 rings (SSSR count). The summed E-state index contributed by atoms with van der Waals surface area (Å²) in [5.74, 6) is 0. The van der Waals surface area contributed by atoms with Crippen molar-refractivity contribution in [3.05, 3.63) is 0 Å². The molecule has 0 bridgehead atoms. The van der Waals surface area contributed by atoms with Crippen molar-refractivity contribution >= 4 is 6.09 Å². The van der Waals surface area contributed by atoms with E-state index in [9.17, 15) is 4.79 Å². The predicted octanol–water partition coefficient (Wildman–Crippen LogP) is 2.84. The molecule has 1 heterocycles. The van der Waals surface area contributed by atoms with E-state index in [1.165, 1.54) is 7.05 Å². The third kappa shape index (κ3) is 6.32. The third-order valence-electron chi connectivity index (χ3n) is 3.81. The molecule has 1 aliphatic heterocycles. The van der Waals surface area contributed by atoms with Crippen LogP contribution in [0.4, 0.5) is 4.79 Å². The molecule has 0 aliphatic carbocycles. The Balaban J connectivity index is 2.36. The molecule has 0 aromatic heterocycles. The van der Waals surface area contributed by atoms with E-state index in [1.54, 1.807) is 0 Å². The minimum atomic E-state index is -1.08. The minimum Gasteiger partial charge on any atom is -0.465 e. The SMILES string of the molecule is CN(C(=O)O)C(C#N)CCC(C)(C)COC1CCCCO1. The Kier molecular flexibility index (Phi) is 6.93. The lowest BCUT2D eigenvalue weighted by molar-refractivity contribution is -0.176. The Bertz CT molecular complexity index is 372. The van der Waals surface area contributed by atoms with Crippen LogP contribution in [-0.2, 0) is 9.47 Å². The molecule has 0 aromatic rings. The summed E-state index contributed by atoms with van der Waals surface area (Å²) in [4.78, 5) is 11.9. The first-order chi connectivity index (χ1) is 9.85. The van der Waals surface area contributed by atoms with Crippen molar-refractivity contribution in [1.29, 1.82) is 5.26 Å². The summed E-state index contributed by atoms with van der Waals surface area (Å²) in [7, 11) is 1.43. The Morgan fingerprint density at radius 1 is 1.57 bits per heavy atom. The van der Waals surface area contributed by atoms with E-state index in [0.29, 0.717) is 13.0 Å². The van der Waals surface area contributed by atoms with Gasteiger partial charge in [-0.15, -0.1) is 0 Å². The normalized spacial score (nSPS) is 20.6. The molecule has 1 amide bonds. The van der Waals surface area contributed by atoms with Crippen molar-refractivity contribution in [2.45, 2.75) is 58.3 Å². The number of carbonyl (C=O) groups is 1. The second kappa shape index (κ2) is 8.20. The molecule has 0 spiro atoms. The fourth-order valence-corrected chi connectivity index (χ4v) is 2.24. The van der Waals surface area contributed by atoms with Crippen LogP contribution in [0.2, 0.25) is 0 Å². The molecule has 0 aromatic carbocycles. The highest BCUT2D eigenvalue weighted by atomic mass is 16.7. The summed E-state index contributed by atoms with van der Waals surface area (Å²) >= 11 is 0. The maximum absolute atomic E-state index is 10.9. The van der Waals surface area contributed by atoms with Gasteiger partial charge in [-0.2, -0.15) is 5.26 Å². The summed E-state index contributed by atoms with van der Waals surface area (Å²) in [6.07, 6.45) is 3.17. The van der Waals surface area contributed by atoms with Crippen LogP contribution in [0.15, 0.2) is 0 Å². The third-order valence-corrected chi connectivity index (χ3v) is 3.81. The van der Waals surface area contributed by atoms with Crippen molar-refractivity contribution < 1.29 is 19.4 Å². The average Bonchev–Trinajstić information content (AvgIpc) is 2.46. The number of hydrogen-bond acceptors (Lipinski definition) is 4. The maximum Gasteiger partial charge on any atom is 0.408 e. The summed E-state index contributed by atoms with van der Waals surface area (Å²) in [5.41, 5.74) is -0.116. The Morgan fingerprint density at radius 2 is 2.29 bits per heavy atom. The first-order valence-electron chi connectivity index (χ1n) is 7.44. The molecular weight excluding hydrogens is 272 g/mol. The van der Waals surface area contributed by atoms with Crippen molar-refractivity contribution in [2.75, 3.05) is 20.3 Å². The van der Waals surface area contributed by atoms with Crippen LogP contribution in [0, 0.1) is 16.7 Å². The van der Waals surface area contributed by atoms with Gasteiger partial charge < -0.3 is 14.6 Å². The van der Waals surface area contributed by atoms with Gasteiger partial charge in [0.05, 0.1) is 12.7 Å². The van der Waals surface area contributed by atoms with Gasteiger partial charge in [0, 0.05) is 13.7 Å². The van der Waals surface area contributed by atoms with Gasteiger partial charge in [-0.05, 0) is 37.5 Å². The molecule has 2 atom stereocenters. The van der Waals surface area contributed by atoms with Crippen LogP contribution >= 0.6 is 0 Å². The maximum atomic E-state index is 10.9. The number of nitriles is 1. The van der Waals surface area contributed by atoms with Crippen LogP contribution < -0.4 is 0 Å². The monoisotopic (exact) mass is 298 g/mol. The fraction of sp³-hybridized carbons (Fsp3) is 0.867. The minimum absolute atomic E-state index is 0.116. The van der Waals surface area contributed by atoms with Gasteiger partial charge in [0.25, 0.3) is 0 Å². The van der Waals surface area contributed by atoms with E-state index in [4.69, 9.17) is 19.8 Å². The second-order valence-electron chi connectivity index (χ2n) is 6.35. The summed E-state index contributed by atoms with van der Waals surface area (Å²) in [5, 5.41) is 18.0. The molecule has 120 valence electrons. The molecule has 1 aliphatic rings. The molecule has 0 saturated carbocycles. The molecule has 6 heteroatoms. The van der Waals surface area contributed by atoms with Crippen LogP contribution in [0.5, 0.6) is 0 Å². The topological polar surface area (TPSA) is 82.8 Å². The highest BCUT2D eigenvalue weighted by Crippen LogP contribution is 2.26. The molecule has 2 unspecified atom stereocenters. The number of carboxylic acid groups (broad SMARTS) is 1. The van der Waals surface area contributed by atoms with E-state index in [1.807, 2.05) is 6.07 Å². The highest BCUT2D eigenvalue weighted by Gasteiger charge is 2.26. The quantitative estimate of drug-likeness (QED) is 0.781. The molecule has 1 fully saturated rings. The molecular formula is C15H26N2O4. The molecule has 6 nitrogen and oxygen atoms in total. The largest absolute Gasteiger partial charge is 0.465 e. The molecule has 1 saturated heterocycles. The lowest BCUT2D eigenvalue weighted by Crippen LogP contribution is -2.36. The molecule has 21 heavy (non-hydrogen) atoms. The number of nitrogens with zero attached hydrogens (tertiary/aromatic N) is 2. The van der Waals surface area contributed by atoms with Crippen molar-refractivity contribution in [1.82, 2.24) is 4.90 Å². The Labute approximate surface area is 126 Å². The van der Waals surface area contributed by atoms with Gasteiger partial charge in [0.2, 0.25) is 0 Å². The summed E-state index contributed by atoms with van der Waals surface area (Å²) in [6, 6.07) is 1.42. The summed E-state index contributed by atoms with van der Waals surface area (Å²) in [6.45, 7) is 5.42. The van der Waals surface area contributed by atoms with Gasteiger partial charge in [-0.25, -0.2) is 4.79 Å². The zero-order chi connectivity index (χ0) is 15.9. The van der Waals surface area contributed by atoms with Gasteiger partial charge in [-0.1, -0.05) is 13.8 Å². The Hall–Kier alpha value is -1.32. The van der Waals surface area contributed by atoms with Gasteiger partial charge in [0.15, 0.2) is 6.29 Å². The van der Waals surface area contributed by atoms with E-state index in [0.717, 1.165) is 37.2 Å². The van der Waals surface area contributed by atoms with Crippen molar-refractivity contribution in [3.63, 3.8) is 0 Å². The molecule has 0 radical (unpaired) electrons. The smallest absolute Gasteiger partial charge is 0.408 e. The predicted molar refractivity (Wildman–Crippen MR) is 77.7 cm³/mol. The van der Waals surface area contributed by atoms with Crippen LogP contribution in [0.3, 0.4) is 0 Å². The van der Waals surface area contributed by atoms with Crippen molar-refractivity contribution in [3.8, 4) is 6.07 Å².